The molecule has 0 saturated carbocycles. The Hall–Kier alpha value is -1.10. The first-order chi connectivity index (χ1) is 6.68. The zero-order valence-corrected chi connectivity index (χ0v) is 8.68. The van der Waals surface area contributed by atoms with Crippen LogP contribution >= 0.6 is 0 Å². The fraction of sp³-hybridized carbons (Fsp3) is 0.778. The van der Waals surface area contributed by atoms with Crippen molar-refractivity contribution in [3.63, 3.8) is 0 Å². The number of hydrogen-bond acceptors (Lipinski definition) is 3. The van der Waals surface area contributed by atoms with E-state index in [2.05, 4.69) is 17.0 Å². The van der Waals surface area contributed by atoms with E-state index >= 15 is 0 Å². The molecule has 1 fully saturated rings. The predicted molar refractivity (Wildman–Crippen MR) is 53.1 cm³/mol. The van der Waals surface area contributed by atoms with Crippen LogP contribution in [0.15, 0.2) is 11.1 Å². The molecular formula is C9H16N4O. The lowest BCUT2D eigenvalue weighted by atomic mass is 10.2. The van der Waals surface area contributed by atoms with Crippen molar-refractivity contribution in [1.29, 1.82) is 0 Å². The van der Waals surface area contributed by atoms with Gasteiger partial charge in [0.2, 0.25) is 0 Å². The Balaban J connectivity index is 2.11. The molecule has 0 aromatic carbocycles. The summed E-state index contributed by atoms with van der Waals surface area (Å²) in [5, 5.41) is 4.05. The fourth-order valence-electron chi connectivity index (χ4n) is 1.96. The van der Waals surface area contributed by atoms with E-state index in [1.165, 1.54) is 17.4 Å². The van der Waals surface area contributed by atoms with E-state index in [1.54, 1.807) is 18.1 Å². The molecule has 1 aliphatic rings. The molecule has 2 rings (SSSR count). The lowest BCUT2D eigenvalue weighted by Gasteiger charge is -2.18. The first-order valence-corrected chi connectivity index (χ1v) is 4.97. The lowest BCUT2D eigenvalue weighted by molar-refractivity contribution is 0.271. The smallest absolute Gasteiger partial charge is 0.302 e. The Morgan fingerprint density at radius 3 is 2.86 bits per heavy atom. The van der Waals surface area contributed by atoms with Gasteiger partial charge in [0.05, 0.1) is 6.54 Å². The van der Waals surface area contributed by atoms with Crippen LogP contribution in [0.2, 0.25) is 0 Å². The number of rotatable bonds is 2. The zero-order chi connectivity index (χ0) is 10.1. The van der Waals surface area contributed by atoms with Crippen LogP contribution in [0.5, 0.6) is 0 Å². The molecule has 78 valence electrons. The second-order valence-electron chi connectivity index (χ2n) is 3.98. The summed E-state index contributed by atoms with van der Waals surface area (Å²) in [6.45, 7) is 1.85. The highest BCUT2D eigenvalue weighted by Gasteiger charge is 2.22. The molecule has 0 amide bonds. The van der Waals surface area contributed by atoms with Gasteiger partial charge in [-0.2, -0.15) is 5.10 Å². The maximum atomic E-state index is 11.5. The Morgan fingerprint density at radius 2 is 2.36 bits per heavy atom. The maximum Gasteiger partial charge on any atom is 0.345 e. The minimum Gasteiger partial charge on any atom is -0.302 e. The number of likely N-dealkylation sites (tertiary alicyclic amines) is 1. The van der Waals surface area contributed by atoms with E-state index in [1.807, 2.05) is 0 Å². The van der Waals surface area contributed by atoms with E-state index in [4.69, 9.17) is 0 Å². The molecule has 0 aliphatic carbocycles. The molecule has 1 aromatic heterocycles. The van der Waals surface area contributed by atoms with Gasteiger partial charge >= 0.3 is 5.69 Å². The van der Waals surface area contributed by atoms with E-state index < -0.39 is 0 Å². The minimum atomic E-state index is -0.0229. The van der Waals surface area contributed by atoms with Crippen molar-refractivity contribution in [3.05, 3.63) is 16.8 Å². The highest BCUT2D eigenvalue weighted by atomic mass is 16.2. The van der Waals surface area contributed by atoms with Gasteiger partial charge in [0, 0.05) is 13.1 Å². The van der Waals surface area contributed by atoms with E-state index in [0.717, 1.165) is 13.1 Å². The summed E-state index contributed by atoms with van der Waals surface area (Å²) >= 11 is 0. The van der Waals surface area contributed by atoms with Crippen molar-refractivity contribution in [2.45, 2.75) is 25.4 Å². The van der Waals surface area contributed by atoms with Gasteiger partial charge in [0.1, 0.15) is 6.33 Å². The lowest BCUT2D eigenvalue weighted by Crippen LogP contribution is -2.34. The largest absolute Gasteiger partial charge is 0.345 e. The highest BCUT2D eigenvalue weighted by molar-refractivity contribution is 4.77. The first-order valence-electron chi connectivity index (χ1n) is 4.97. The second kappa shape index (κ2) is 3.57. The monoisotopic (exact) mass is 196 g/mol. The molecule has 1 unspecified atom stereocenters. The maximum absolute atomic E-state index is 11.5. The highest BCUT2D eigenvalue weighted by Crippen LogP contribution is 2.15. The predicted octanol–water partition coefficient (Wildman–Crippen LogP) is -0.324. The van der Waals surface area contributed by atoms with Crippen LogP contribution in [-0.4, -0.2) is 38.9 Å². The third-order valence-electron chi connectivity index (χ3n) is 2.94. The molecule has 1 atom stereocenters. The van der Waals surface area contributed by atoms with Crippen molar-refractivity contribution in [1.82, 2.24) is 19.2 Å². The van der Waals surface area contributed by atoms with Crippen LogP contribution in [0.25, 0.3) is 0 Å². The summed E-state index contributed by atoms with van der Waals surface area (Å²) in [7, 11) is 3.83. The van der Waals surface area contributed by atoms with Gasteiger partial charge in [0.25, 0.3) is 0 Å². The number of hydrogen-bond donors (Lipinski definition) is 0. The zero-order valence-electron chi connectivity index (χ0n) is 8.68. The van der Waals surface area contributed by atoms with Gasteiger partial charge < -0.3 is 4.90 Å². The third-order valence-corrected chi connectivity index (χ3v) is 2.94. The van der Waals surface area contributed by atoms with Crippen molar-refractivity contribution in [2.24, 2.45) is 7.05 Å². The van der Waals surface area contributed by atoms with Gasteiger partial charge in [-0.05, 0) is 26.4 Å². The Labute approximate surface area is 82.9 Å². The average Bonchev–Trinajstić information content (AvgIpc) is 2.68. The average molecular weight is 196 g/mol. The molecule has 1 aromatic rings. The Kier molecular flexibility index (Phi) is 2.41. The van der Waals surface area contributed by atoms with Crippen LogP contribution in [0.3, 0.4) is 0 Å². The molecule has 14 heavy (non-hydrogen) atoms. The number of aromatic nitrogens is 3. The summed E-state index contributed by atoms with van der Waals surface area (Å²) in [4.78, 5) is 13.8. The molecular weight excluding hydrogens is 180 g/mol. The van der Waals surface area contributed by atoms with Crippen LogP contribution in [0, 0.1) is 0 Å². The Bertz CT molecular complexity index is 367. The van der Waals surface area contributed by atoms with E-state index in [-0.39, 0.29) is 5.69 Å². The van der Waals surface area contributed by atoms with Gasteiger partial charge in [-0.25, -0.2) is 9.48 Å². The van der Waals surface area contributed by atoms with Crippen molar-refractivity contribution in [2.75, 3.05) is 13.6 Å². The van der Waals surface area contributed by atoms with Gasteiger partial charge in [-0.3, -0.25) is 4.57 Å². The number of nitrogens with zero attached hydrogens (tertiary/aromatic N) is 4. The summed E-state index contributed by atoms with van der Waals surface area (Å²) < 4.78 is 3.06. The van der Waals surface area contributed by atoms with Crippen LogP contribution in [-0.2, 0) is 13.6 Å². The molecule has 1 saturated heterocycles. The molecule has 0 spiro atoms. The van der Waals surface area contributed by atoms with Gasteiger partial charge in [-0.1, -0.05) is 0 Å². The normalized spacial score (nSPS) is 23.1. The summed E-state index contributed by atoms with van der Waals surface area (Å²) in [5.74, 6) is 0. The quantitative estimate of drug-likeness (QED) is 0.651. The van der Waals surface area contributed by atoms with E-state index in [9.17, 15) is 4.79 Å². The molecule has 2 heterocycles. The van der Waals surface area contributed by atoms with E-state index in [0.29, 0.717) is 6.04 Å². The van der Waals surface area contributed by atoms with Crippen LogP contribution < -0.4 is 5.69 Å². The fourth-order valence-corrected chi connectivity index (χ4v) is 1.96. The molecule has 1 aliphatic heterocycles. The van der Waals surface area contributed by atoms with Crippen molar-refractivity contribution >= 4 is 0 Å². The molecule has 5 nitrogen and oxygen atoms in total. The molecule has 0 bridgehead atoms. The van der Waals surface area contributed by atoms with Gasteiger partial charge in [0.15, 0.2) is 0 Å². The topological polar surface area (TPSA) is 43.1 Å². The first kappa shape index (κ1) is 9.45. The van der Waals surface area contributed by atoms with Crippen LogP contribution in [0.1, 0.15) is 12.8 Å². The van der Waals surface area contributed by atoms with Crippen LogP contribution in [0.4, 0.5) is 0 Å². The third kappa shape index (κ3) is 1.59. The standard InChI is InChI=1S/C9H16N4O/c1-11-5-3-4-8(11)6-13-9(14)12(2)7-10-13/h7-8H,3-6H2,1-2H3. The Morgan fingerprint density at radius 1 is 1.57 bits per heavy atom. The summed E-state index contributed by atoms with van der Waals surface area (Å²) in [5.41, 5.74) is -0.0229. The minimum absolute atomic E-state index is 0.0229. The summed E-state index contributed by atoms with van der Waals surface area (Å²) in [6.07, 6.45) is 3.96. The van der Waals surface area contributed by atoms with Gasteiger partial charge in [-0.15, -0.1) is 0 Å². The molecule has 0 radical (unpaired) electrons. The number of aryl methyl sites for hydroxylation is 1. The molecule has 0 N–H and O–H groups in total. The number of likely N-dealkylation sites (N-methyl/N-ethyl adjacent to an activating group) is 1. The SMILES string of the molecule is CN1CCCC1Cn1ncn(C)c1=O. The summed E-state index contributed by atoms with van der Waals surface area (Å²) in [6, 6.07) is 0.475. The molecule has 5 heteroatoms. The van der Waals surface area contributed by atoms with Crippen molar-refractivity contribution < 1.29 is 0 Å². The van der Waals surface area contributed by atoms with Crippen molar-refractivity contribution in [3.8, 4) is 0 Å². The second-order valence-corrected chi connectivity index (χ2v) is 3.98.